The molecule has 0 aliphatic carbocycles. The fourth-order valence-corrected chi connectivity index (χ4v) is 1.21. The Kier molecular flexibility index (Phi) is 1.89. The minimum atomic E-state index is 0.104. The number of hydrogen-bond acceptors (Lipinski definition) is 2. The summed E-state index contributed by atoms with van der Waals surface area (Å²) in [7, 11) is 1.76. The van der Waals surface area contributed by atoms with Crippen LogP contribution in [-0.4, -0.2) is 29.4 Å². The van der Waals surface area contributed by atoms with Gasteiger partial charge >= 0.3 is 0 Å². The molecule has 10 heavy (non-hydrogen) atoms. The second-order valence-corrected chi connectivity index (χ2v) is 3.05. The summed E-state index contributed by atoms with van der Waals surface area (Å²) in [5.74, 6) is 0.241. The van der Waals surface area contributed by atoms with E-state index < -0.39 is 0 Å². The average molecular weight is 158 g/mol. The molecule has 1 heterocycles. The summed E-state index contributed by atoms with van der Waals surface area (Å²) in [4.78, 5) is 13.0. The van der Waals surface area contributed by atoms with Gasteiger partial charge in [0.25, 0.3) is 0 Å². The Balaban J connectivity index is 2.57. The summed E-state index contributed by atoms with van der Waals surface area (Å²) in [6, 6.07) is 0. The van der Waals surface area contributed by atoms with E-state index >= 15 is 0 Å². The number of likely N-dealkylation sites (tertiary alicyclic amines) is 1. The summed E-state index contributed by atoms with van der Waals surface area (Å²) in [5, 5.41) is 0. The van der Waals surface area contributed by atoms with Crippen LogP contribution in [0.5, 0.6) is 0 Å². The average Bonchev–Trinajstić information content (AvgIpc) is 2.13. The quantitative estimate of drug-likeness (QED) is 0.535. The molecule has 1 unspecified atom stereocenters. The van der Waals surface area contributed by atoms with Gasteiger partial charge in [0, 0.05) is 25.9 Å². The third kappa shape index (κ3) is 1.26. The highest BCUT2D eigenvalue weighted by Gasteiger charge is 2.28. The van der Waals surface area contributed by atoms with Crippen LogP contribution in [0.25, 0.3) is 0 Å². The van der Waals surface area contributed by atoms with Crippen LogP contribution in [0.15, 0.2) is 0 Å². The molecule has 2 N–H and O–H groups in total. The molecule has 0 aromatic rings. The molecule has 1 rings (SSSR count). The lowest BCUT2D eigenvalue weighted by Crippen LogP contribution is -2.24. The van der Waals surface area contributed by atoms with Gasteiger partial charge in [0.15, 0.2) is 0 Å². The number of nitrogens with zero attached hydrogens (tertiary/aromatic N) is 1. The molecule has 1 aliphatic rings. The molecule has 1 atom stereocenters. The molecule has 0 spiro atoms. The van der Waals surface area contributed by atoms with Crippen molar-refractivity contribution in [3.8, 4) is 0 Å². The molecule has 1 saturated heterocycles. The van der Waals surface area contributed by atoms with Gasteiger partial charge in [0.2, 0.25) is 5.91 Å². The number of carbonyl (C=O) groups excluding carboxylic acids is 1. The maximum Gasteiger partial charge on any atom is 0.223 e. The van der Waals surface area contributed by atoms with Gasteiger partial charge in [0.1, 0.15) is 0 Å². The minimum Gasteiger partial charge on any atom is -0.393 e. The summed E-state index contributed by atoms with van der Waals surface area (Å²) >= 11 is 4.76. The molecular formula is C6H10N2OS. The molecule has 3 nitrogen and oxygen atoms in total. The highest BCUT2D eigenvalue weighted by Crippen LogP contribution is 2.15. The standard InChI is InChI=1S/C6H10N2OS/c1-8-3-4(6(7)10)2-5(8)9/h4H,2-3H2,1H3,(H2,7,10). The Morgan fingerprint density at radius 2 is 2.50 bits per heavy atom. The Labute approximate surface area is 65.2 Å². The normalized spacial score (nSPS) is 25.5. The van der Waals surface area contributed by atoms with Crippen LogP contribution in [-0.2, 0) is 4.79 Å². The Hall–Kier alpha value is -0.640. The van der Waals surface area contributed by atoms with Crippen molar-refractivity contribution in [1.82, 2.24) is 4.90 Å². The van der Waals surface area contributed by atoms with Crippen molar-refractivity contribution >= 4 is 23.1 Å². The van der Waals surface area contributed by atoms with Crippen molar-refractivity contribution in [2.45, 2.75) is 6.42 Å². The number of thiocarbonyl (C=S) groups is 1. The third-order valence-electron chi connectivity index (χ3n) is 1.74. The molecule has 0 radical (unpaired) electrons. The molecule has 1 aliphatic heterocycles. The molecule has 0 aromatic carbocycles. The van der Waals surface area contributed by atoms with E-state index in [0.717, 1.165) is 0 Å². The predicted octanol–water partition coefficient (Wildman–Crippen LogP) is -0.249. The third-order valence-corrected chi connectivity index (χ3v) is 2.08. The van der Waals surface area contributed by atoms with Crippen LogP contribution >= 0.6 is 12.2 Å². The van der Waals surface area contributed by atoms with Crippen LogP contribution in [0.4, 0.5) is 0 Å². The molecule has 56 valence electrons. The molecule has 4 heteroatoms. The fourth-order valence-electron chi connectivity index (χ4n) is 1.05. The summed E-state index contributed by atoms with van der Waals surface area (Å²) in [5.41, 5.74) is 5.37. The second-order valence-electron chi connectivity index (χ2n) is 2.58. The Morgan fingerprint density at radius 1 is 1.90 bits per heavy atom. The van der Waals surface area contributed by atoms with Crippen molar-refractivity contribution in [2.24, 2.45) is 11.7 Å². The van der Waals surface area contributed by atoms with E-state index in [9.17, 15) is 4.79 Å². The van der Waals surface area contributed by atoms with E-state index in [1.807, 2.05) is 0 Å². The highest BCUT2D eigenvalue weighted by atomic mass is 32.1. The van der Waals surface area contributed by atoms with Crippen LogP contribution in [0, 0.1) is 5.92 Å². The first kappa shape index (κ1) is 7.47. The van der Waals surface area contributed by atoms with Crippen LogP contribution < -0.4 is 5.73 Å². The zero-order chi connectivity index (χ0) is 7.72. The number of nitrogens with two attached hydrogens (primary N) is 1. The topological polar surface area (TPSA) is 46.3 Å². The molecule has 1 fully saturated rings. The largest absolute Gasteiger partial charge is 0.393 e. The van der Waals surface area contributed by atoms with E-state index in [0.29, 0.717) is 18.0 Å². The van der Waals surface area contributed by atoms with Crippen molar-refractivity contribution in [3.63, 3.8) is 0 Å². The highest BCUT2D eigenvalue weighted by molar-refractivity contribution is 7.80. The molecule has 0 aromatic heterocycles. The number of rotatable bonds is 1. The summed E-state index contributed by atoms with van der Waals surface area (Å²) in [6.45, 7) is 0.689. The van der Waals surface area contributed by atoms with Gasteiger partial charge in [-0.2, -0.15) is 0 Å². The van der Waals surface area contributed by atoms with Crippen molar-refractivity contribution in [1.29, 1.82) is 0 Å². The lowest BCUT2D eigenvalue weighted by atomic mass is 10.1. The number of carbonyl (C=O) groups is 1. The molecular weight excluding hydrogens is 148 g/mol. The minimum absolute atomic E-state index is 0.104. The van der Waals surface area contributed by atoms with E-state index in [1.165, 1.54) is 0 Å². The maximum absolute atomic E-state index is 10.9. The van der Waals surface area contributed by atoms with Gasteiger partial charge in [0.05, 0.1) is 4.99 Å². The van der Waals surface area contributed by atoms with Crippen LogP contribution in [0.2, 0.25) is 0 Å². The van der Waals surface area contributed by atoms with E-state index in [-0.39, 0.29) is 11.8 Å². The number of hydrogen-bond donors (Lipinski definition) is 1. The first-order chi connectivity index (χ1) is 4.61. The van der Waals surface area contributed by atoms with Crippen molar-refractivity contribution < 1.29 is 4.79 Å². The SMILES string of the molecule is CN1CC(C(N)=S)CC1=O. The van der Waals surface area contributed by atoms with Crippen molar-refractivity contribution in [2.75, 3.05) is 13.6 Å². The Morgan fingerprint density at radius 3 is 2.70 bits per heavy atom. The zero-order valence-corrected chi connectivity index (χ0v) is 6.65. The first-order valence-corrected chi connectivity index (χ1v) is 3.55. The monoisotopic (exact) mass is 158 g/mol. The fraction of sp³-hybridized carbons (Fsp3) is 0.667. The van der Waals surface area contributed by atoms with Gasteiger partial charge in [-0.3, -0.25) is 4.79 Å². The van der Waals surface area contributed by atoms with Gasteiger partial charge in [-0.1, -0.05) is 12.2 Å². The Bertz CT molecular complexity index is 181. The van der Waals surface area contributed by atoms with E-state index in [2.05, 4.69) is 0 Å². The molecule has 0 saturated carbocycles. The van der Waals surface area contributed by atoms with E-state index in [4.69, 9.17) is 18.0 Å². The van der Waals surface area contributed by atoms with Crippen molar-refractivity contribution in [3.05, 3.63) is 0 Å². The predicted molar refractivity (Wildman–Crippen MR) is 42.5 cm³/mol. The lowest BCUT2D eigenvalue weighted by molar-refractivity contribution is -0.126. The number of amides is 1. The lowest BCUT2D eigenvalue weighted by Gasteiger charge is -2.07. The van der Waals surface area contributed by atoms with Gasteiger partial charge < -0.3 is 10.6 Å². The maximum atomic E-state index is 10.9. The first-order valence-electron chi connectivity index (χ1n) is 3.14. The summed E-state index contributed by atoms with van der Waals surface area (Å²) < 4.78 is 0. The van der Waals surface area contributed by atoms with Crippen LogP contribution in [0.1, 0.15) is 6.42 Å². The van der Waals surface area contributed by atoms with Crippen LogP contribution in [0.3, 0.4) is 0 Å². The molecule has 1 amide bonds. The van der Waals surface area contributed by atoms with Gasteiger partial charge in [-0.05, 0) is 0 Å². The molecule has 0 bridgehead atoms. The zero-order valence-electron chi connectivity index (χ0n) is 5.83. The van der Waals surface area contributed by atoms with E-state index in [1.54, 1.807) is 11.9 Å². The summed E-state index contributed by atoms with van der Waals surface area (Å²) in [6.07, 6.45) is 0.492. The van der Waals surface area contributed by atoms with Gasteiger partial charge in [-0.25, -0.2) is 0 Å². The smallest absolute Gasteiger partial charge is 0.223 e. The second kappa shape index (κ2) is 2.54. The van der Waals surface area contributed by atoms with Gasteiger partial charge in [-0.15, -0.1) is 0 Å².